The Bertz CT molecular complexity index is 612. The molecule has 0 aliphatic heterocycles. The third-order valence-electron chi connectivity index (χ3n) is 2.53. The summed E-state index contributed by atoms with van der Waals surface area (Å²) < 4.78 is 4.91. The lowest BCUT2D eigenvalue weighted by atomic mass is 10.2. The molecule has 6 heteroatoms. The van der Waals surface area contributed by atoms with Crippen LogP contribution in [-0.2, 0) is 4.79 Å². The Morgan fingerprint density at radius 3 is 3.06 bits per heavy atom. The largest absolute Gasteiger partial charge is 0.417 e. The van der Waals surface area contributed by atoms with Gasteiger partial charge in [-0.15, -0.1) is 0 Å². The van der Waals surface area contributed by atoms with Crippen molar-refractivity contribution in [3.8, 4) is 0 Å². The van der Waals surface area contributed by atoms with Crippen molar-refractivity contribution in [3.05, 3.63) is 28.7 Å². The van der Waals surface area contributed by atoms with Gasteiger partial charge in [0.15, 0.2) is 5.58 Å². The first kappa shape index (κ1) is 12.4. The highest BCUT2D eigenvalue weighted by molar-refractivity contribution is 5.92. The number of aromatic nitrogens is 1. The number of oxazole rings is 1. The van der Waals surface area contributed by atoms with Crippen LogP contribution in [-0.4, -0.2) is 16.9 Å². The van der Waals surface area contributed by atoms with Gasteiger partial charge in [0.1, 0.15) is 0 Å². The van der Waals surface area contributed by atoms with Crippen LogP contribution in [0.5, 0.6) is 0 Å². The second-order valence-electron chi connectivity index (χ2n) is 4.29. The summed E-state index contributed by atoms with van der Waals surface area (Å²) in [6, 6.07) is 5.00. The summed E-state index contributed by atoms with van der Waals surface area (Å²) in [5.41, 5.74) is 7.20. The highest BCUT2D eigenvalue weighted by Gasteiger charge is 2.06. The summed E-state index contributed by atoms with van der Waals surface area (Å²) in [6.07, 6.45) is 1.00. The number of carbonyl (C=O) groups excluding carboxylic acids is 1. The minimum atomic E-state index is -0.509. The first-order valence-corrected chi connectivity index (χ1v) is 5.73. The molecule has 0 fully saturated rings. The molecule has 2 rings (SSSR count). The fraction of sp³-hybridized carbons (Fsp3) is 0.333. The molecular weight excluding hydrogens is 234 g/mol. The quantitative estimate of drug-likeness (QED) is 0.757. The van der Waals surface area contributed by atoms with E-state index in [-0.39, 0.29) is 11.9 Å². The summed E-state index contributed by atoms with van der Waals surface area (Å²) in [5, 5.41) is 2.73. The molecule has 0 bridgehead atoms. The van der Waals surface area contributed by atoms with Crippen LogP contribution in [0.4, 0.5) is 5.69 Å². The van der Waals surface area contributed by atoms with Gasteiger partial charge < -0.3 is 15.5 Å². The van der Waals surface area contributed by atoms with Crippen molar-refractivity contribution in [2.75, 3.05) is 5.32 Å². The van der Waals surface area contributed by atoms with E-state index >= 15 is 0 Å². The van der Waals surface area contributed by atoms with Gasteiger partial charge in [0, 0.05) is 24.2 Å². The maximum absolute atomic E-state index is 11.6. The van der Waals surface area contributed by atoms with Gasteiger partial charge in [0.25, 0.3) is 0 Å². The average Bonchev–Trinajstić information content (AvgIpc) is 2.66. The zero-order chi connectivity index (χ0) is 13.1. The van der Waals surface area contributed by atoms with Gasteiger partial charge in [-0.1, -0.05) is 0 Å². The van der Waals surface area contributed by atoms with E-state index in [1.807, 2.05) is 6.92 Å². The van der Waals surface area contributed by atoms with E-state index in [0.29, 0.717) is 29.6 Å². The van der Waals surface area contributed by atoms with Gasteiger partial charge in [0.2, 0.25) is 5.91 Å². The number of H-pyrrole nitrogens is 1. The average molecular weight is 249 g/mol. The molecule has 1 atom stereocenters. The molecule has 96 valence electrons. The summed E-state index contributed by atoms with van der Waals surface area (Å²) in [4.78, 5) is 25.1. The van der Waals surface area contributed by atoms with Crippen LogP contribution >= 0.6 is 0 Å². The standard InChI is InChI=1S/C12H15N3O3/c1-7(13)2-5-11(16)14-8-3-4-9-10(6-8)18-12(17)15-9/h3-4,6-7H,2,5,13H2,1H3,(H,14,16)(H,15,17). The summed E-state index contributed by atoms with van der Waals surface area (Å²) >= 11 is 0. The van der Waals surface area contributed by atoms with Gasteiger partial charge in [-0.05, 0) is 25.5 Å². The number of amides is 1. The Kier molecular flexibility index (Phi) is 3.47. The molecule has 0 aliphatic carbocycles. The molecule has 0 aliphatic rings. The predicted molar refractivity (Wildman–Crippen MR) is 68.3 cm³/mol. The number of hydrogen-bond acceptors (Lipinski definition) is 4. The Morgan fingerprint density at radius 1 is 1.56 bits per heavy atom. The lowest BCUT2D eigenvalue weighted by Crippen LogP contribution is -2.19. The van der Waals surface area contributed by atoms with Crippen molar-refractivity contribution < 1.29 is 9.21 Å². The molecular formula is C12H15N3O3. The SMILES string of the molecule is CC(N)CCC(=O)Nc1ccc2[nH]c(=O)oc2c1. The molecule has 6 nitrogen and oxygen atoms in total. The third kappa shape index (κ3) is 2.98. The van der Waals surface area contributed by atoms with E-state index in [1.165, 1.54) is 0 Å². The molecule has 4 N–H and O–H groups in total. The zero-order valence-electron chi connectivity index (χ0n) is 10.0. The molecule has 1 aromatic heterocycles. The van der Waals surface area contributed by atoms with Crippen LogP contribution in [0.3, 0.4) is 0 Å². The normalized spacial score (nSPS) is 12.6. The molecule has 0 spiro atoms. The molecule has 1 heterocycles. The molecule has 1 unspecified atom stereocenters. The highest BCUT2D eigenvalue weighted by atomic mass is 16.4. The van der Waals surface area contributed by atoms with Gasteiger partial charge >= 0.3 is 5.76 Å². The number of aromatic amines is 1. The summed E-state index contributed by atoms with van der Waals surface area (Å²) in [6.45, 7) is 1.85. The van der Waals surface area contributed by atoms with Gasteiger partial charge in [-0.3, -0.25) is 9.78 Å². The van der Waals surface area contributed by atoms with Crippen LogP contribution in [0.1, 0.15) is 19.8 Å². The first-order chi connectivity index (χ1) is 8.54. The van der Waals surface area contributed by atoms with Crippen LogP contribution < -0.4 is 16.8 Å². The maximum atomic E-state index is 11.6. The minimum absolute atomic E-state index is 0.000857. The topological polar surface area (TPSA) is 101 Å². The zero-order valence-corrected chi connectivity index (χ0v) is 10.0. The smallest absolute Gasteiger partial charge is 0.408 e. The van der Waals surface area contributed by atoms with Gasteiger partial charge in [-0.25, -0.2) is 4.79 Å². The number of anilines is 1. The minimum Gasteiger partial charge on any atom is -0.408 e. The Labute approximate surface area is 103 Å². The van der Waals surface area contributed by atoms with Crippen molar-refractivity contribution in [2.24, 2.45) is 5.73 Å². The number of nitrogens with one attached hydrogen (secondary N) is 2. The lowest BCUT2D eigenvalue weighted by Gasteiger charge is -2.06. The van der Waals surface area contributed by atoms with Gasteiger partial charge in [-0.2, -0.15) is 0 Å². The maximum Gasteiger partial charge on any atom is 0.417 e. The Hall–Kier alpha value is -2.08. The Morgan fingerprint density at radius 2 is 2.33 bits per heavy atom. The van der Waals surface area contributed by atoms with Gasteiger partial charge in [0.05, 0.1) is 5.52 Å². The molecule has 0 saturated carbocycles. The van der Waals surface area contributed by atoms with Crippen LogP contribution in [0.15, 0.2) is 27.4 Å². The molecule has 1 amide bonds. The molecule has 1 aromatic carbocycles. The third-order valence-corrected chi connectivity index (χ3v) is 2.53. The molecule has 18 heavy (non-hydrogen) atoms. The summed E-state index contributed by atoms with van der Waals surface area (Å²) in [7, 11) is 0. The van der Waals surface area contributed by atoms with E-state index in [0.717, 1.165) is 0 Å². The second-order valence-corrected chi connectivity index (χ2v) is 4.29. The first-order valence-electron chi connectivity index (χ1n) is 5.73. The monoisotopic (exact) mass is 249 g/mol. The van der Waals surface area contributed by atoms with Crippen LogP contribution in [0.25, 0.3) is 11.1 Å². The second kappa shape index (κ2) is 5.05. The number of carbonyl (C=O) groups is 1. The van der Waals surface area contributed by atoms with Crippen LogP contribution in [0, 0.1) is 0 Å². The Balaban J connectivity index is 2.07. The number of hydrogen-bond donors (Lipinski definition) is 3. The number of fused-ring (bicyclic) bond motifs is 1. The van der Waals surface area contributed by atoms with E-state index in [4.69, 9.17) is 10.2 Å². The number of rotatable bonds is 4. The summed E-state index contributed by atoms with van der Waals surface area (Å²) in [5.74, 6) is -0.616. The molecule has 0 saturated heterocycles. The van der Waals surface area contributed by atoms with E-state index in [9.17, 15) is 9.59 Å². The van der Waals surface area contributed by atoms with Crippen molar-refractivity contribution in [1.82, 2.24) is 4.98 Å². The number of nitrogens with two attached hydrogens (primary N) is 1. The fourth-order valence-corrected chi connectivity index (χ4v) is 1.61. The molecule has 0 radical (unpaired) electrons. The number of benzene rings is 1. The van der Waals surface area contributed by atoms with E-state index in [2.05, 4.69) is 10.3 Å². The molecule has 2 aromatic rings. The van der Waals surface area contributed by atoms with Crippen molar-refractivity contribution in [2.45, 2.75) is 25.8 Å². The van der Waals surface area contributed by atoms with Crippen molar-refractivity contribution in [1.29, 1.82) is 0 Å². The lowest BCUT2D eigenvalue weighted by molar-refractivity contribution is -0.116. The van der Waals surface area contributed by atoms with E-state index in [1.54, 1.807) is 18.2 Å². The van der Waals surface area contributed by atoms with E-state index < -0.39 is 5.76 Å². The predicted octanol–water partition coefficient (Wildman–Crippen LogP) is 1.19. The highest BCUT2D eigenvalue weighted by Crippen LogP contribution is 2.16. The van der Waals surface area contributed by atoms with Crippen molar-refractivity contribution in [3.63, 3.8) is 0 Å². The van der Waals surface area contributed by atoms with Crippen molar-refractivity contribution >= 4 is 22.7 Å². The fourth-order valence-electron chi connectivity index (χ4n) is 1.61. The van der Waals surface area contributed by atoms with Crippen LogP contribution in [0.2, 0.25) is 0 Å².